The average Bonchev–Trinajstić information content (AvgIpc) is 2.55. The number of ether oxygens (including phenoxy) is 2. The Kier molecular flexibility index (Phi) is 6.05. The summed E-state index contributed by atoms with van der Waals surface area (Å²) in [6.07, 6.45) is 5.05. The van der Waals surface area contributed by atoms with Crippen molar-refractivity contribution in [3.63, 3.8) is 0 Å². The van der Waals surface area contributed by atoms with Gasteiger partial charge in [-0.15, -0.1) is 0 Å². The molecular formula is C17H25NO3. The van der Waals surface area contributed by atoms with Crippen LogP contribution in [0.4, 0.5) is 0 Å². The average molecular weight is 291 g/mol. The second kappa shape index (κ2) is 8.03. The van der Waals surface area contributed by atoms with Crippen LogP contribution in [0.1, 0.15) is 31.2 Å². The molecule has 0 aliphatic heterocycles. The lowest BCUT2D eigenvalue weighted by Gasteiger charge is -2.26. The summed E-state index contributed by atoms with van der Waals surface area (Å²) >= 11 is 0. The highest BCUT2D eigenvalue weighted by Crippen LogP contribution is 2.25. The van der Waals surface area contributed by atoms with E-state index in [2.05, 4.69) is 5.32 Å². The molecule has 0 heterocycles. The molecule has 1 aromatic carbocycles. The summed E-state index contributed by atoms with van der Waals surface area (Å²) < 4.78 is 10.5. The maximum Gasteiger partial charge on any atom is 0.223 e. The van der Waals surface area contributed by atoms with Gasteiger partial charge in [0, 0.05) is 19.6 Å². The van der Waals surface area contributed by atoms with Crippen LogP contribution in [0.5, 0.6) is 5.75 Å². The van der Waals surface area contributed by atoms with Crippen LogP contribution < -0.4 is 10.1 Å². The number of amides is 1. The fourth-order valence-corrected chi connectivity index (χ4v) is 2.83. The maximum atomic E-state index is 12.1. The van der Waals surface area contributed by atoms with Crippen molar-refractivity contribution in [1.82, 2.24) is 5.32 Å². The van der Waals surface area contributed by atoms with Gasteiger partial charge in [0.15, 0.2) is 0 Å². The molecule has 1 aliphatic rings. The third kappa shape index (κ3) is 4.74. The van der Waals surface area contributed by atoms with Crippen molar-refractivity contribution >= 4 is 5.91 Å². The molecular weight excluding hydrogens is 266 g/mol. The Morgan fingerprint density at radius 1 is 1.14 bits per heavy atom. The number of hydrogen-bond donors (Lipinski definition) is 1. The Bertz CT molecular complexity index is 436. The molecule has 1 amide bonds. The van der Waals surface area contributed by atoms with Crippen molar-refractivity contribution < 1.29 is 14.3 Å². The number of methoxy groups -OCH3 is 2. The molecule has 0 bridgehead atoms. The lowest BCUT2D eigenvalue weighted by Crippen LogP contribution is -2.35. The zero-order valence-corrected chi connectivity index (χ0v) is 12.9. The van der Waals surface area contributed by atoms with E-state index in [0.717, 1.165) is 37.9 Å². The van der Waals surface area contributed by atoms with Gasteiger partial charge in [0.2, 0.25) is 5.91 Å². The monoisotopic (exact) mass is 291 g/mol. The van der Waals surface area contributed by atoms with Gasteiger partial charge in [-0.2, -0.15) is 0 Å². The molecule has 1 N–H and O–H groups in total. The summed E-state index contributed by atoms with van der Waals surface area (Å²) in [6.45, 7) is 0.690. The molecule has 1 aromatic rings. The van der Waals surface area contributed by atoms with E-state index in [1.807, 2.05) is 24.3 Å². The molecule has 0 radical (unpaired) electrons. The lowest BCUT2D eigenvalue weighted by atomic mass is 9.87. The molecule has 2 rings (SSSR count). The number of hydrogen-bond acceptors (Lipinski definition) is 3. The number of nitrogens with one attached hydrogen (secondary N) is 1. The summed E-state index contributed by atoms with van der Waals surface area (Å²) in [5, 5.41) is 3.05. The van der Waals surface area contributed by atoms with Crippen LogP contribution in [0.3, 0.4) is 0 Å². The van der Waals surface area contributed by atoms with E-state index in [1.165, 1.54) is 5.56 Å². The molecule has 0 spiro atoms. The van der Waals surface area contributed by atoms with Gasteiger partial charge in [-0.1, -0.05) is 12.1 Å². The lowest BCUT2D eigenvalue weighted by molar-refractivity contribution is -0.126. The first-order valence-electron chi connectivity index (χ1n) is 7.66. The highest BCUT2D eigenvalue weighted by atomic mass is 16.5. The number of carbonyl (C=O) groups is 1. The van der Waals surface area contributed by atoms with Gasteiger partial charge in [-0.3, -0.25) is 4.79 Å². The van der Waals surface area contributed by atoms with Crippen molar-refractivity contribution in [2.24, 2.45) is 5.92 Å². The molecule has 116 valence electrons. The van der Waals surface area contributed by atoms with Gasteiger partial charge in [0.25, 0.3) is 0 Å². The first kappa shape index (κ1) is 15.8. The molecule has 1 aliphatic carbocycles. The predicted molar refractivity (Wildman–Crippen MR) is 82.5 cm³/mol. The number of rotatable bonds is 6. The Hall–Kier alpha value is -1.55. The number of benzene rings is 1. The molecule has 21 heavy (non-hydrogen) atoms. The van der Waals surface area contributed by atoms with Crippen LogP contribution in [0, 0.1) is 5.92 Å². The summed E-state index contributed by atoms with van der Waals surface area (Å²) in [4.78, 5) is 12.1. The largest absolute Gasteiger partial charge is 0.497 e. The summed E-state index contributed by atoms with van der Waals surface area (Å²) in [5.74, 6) is 1.21. The van der Waals surface area contributed by atoms with E-state index in [-0.39, 0.29) is 11.8 Å². The molecule has 0 atom stereocenters. The van der Waals surface area contributed by atoms with Crippen LogP contribution in [0.2, 0.25) is 0 Å². The molecule has 0 aromatic heterocycles. The van der Waals surface area contributed by atoms with E-state index >= 15 is 0 Å². The molecule has 0 saturated heterocycles. The van der Waals surface area contributed by atoms with Gasteiger partial charge >= 0.3 is 0 Å². The smallest absolute Gasteiger partial charge is 0.223 e. The summed E-state index contributed by atoms with van der Waals surface area (Å²) in [7, 11) is 3.41. The SMILES string of the molecule is COc1ccc(CCNC(=O)C2CCC(OC)CC2)cc1. The molecule has 4 heteroatoms. The first-order chi connectivity index (χ1) is 10.2. The van der Waals surface area contributed by atoms with Crippen molar-refractivity contribution in [2.45, 2.75) is 38.2 Å². The zero-order chi connectivity index (χ0) is 15.1. The Balaban J connectivity index is 1.69. The first-order valence-corrected chi connectivity index (χ1v) is 7.66. The van der Waals surface area contributed by atoms with Gasteiger partial charge in [0.05, 0.1) is 13.2 Å². The molecule has 1 saturated carbocycles. The minimum atomic E-state index is 0.160. The van der Waals surface area contributed by atoms with Gasteiger partial charge in [-0.25, -0.2) is 0 Å². The minimum Gasteiger partial charge on any atom is -0.497 e. The van der Waals surface area contributed by atoms with Gasteiger partial charge < -0.3 is 14.8 Å². The van der Waals surface area contributed by atoms with E-state index in [9.17, 15) is 4.79 Å². The van der Waals surface area contributed by atoms with Crippen molar-refractivity contribution in [3.05, 3.63) is 29.8 Å². The van der Waals surface area contributed by atoms with E-state index in [1.54, 1.807) is 14.2 Å². The predicted octanol–water partition coefficient (Wildman–Crippen LogP) is 2.56. The molecule has 0 unspecified atom stereocenters. The Morgan fingerprint density at radius 3 is 2.38 bits per heavy atom. The second-order valence-corrected chi connectivity index (χ2v) is 5.60. The summed E-state index contributed by atoms with van der Waals surface area (Å²) in [5.41, 5.74) is 1.21. The highest BCUT2D eigenvalue weighted by Gasteiger charge is 2.25. The topological polar surface area (TPSA) is 47.6 Å². The van der Waals surface area contributed by atoms with Gasteiger partial charge in [-0.05, 0) is 49.8 Å². The third-order valence-electron chi connectivity index (χ3n) is 4.25. The van der Waals surface area contributed by atoms with Crippen molar-refractivity contribution in [3.8, 4) is 5.75 Å². The van der Waals surface area contributed by atoms with E-state index in [0.29, 0.717) is 12.6 Å². The number of carbonyl (C=O) groups excluding carboxylic acids is 1. The van der Waals surface area contributed by atoms with Crippen LogP contribution in [0.15, 0.2) is 24.3 Å². The van der Waals surface area contributed by atoms with Crippen LogP contribution in [-0.4, -0.2) is 32.8 Å². The zero-order valence-electron chi connectivity index (χ0n) is 12.9. The van der Waals surface area contributed by atoms with Crippen molar-refractivity contribution in [1.29, 1.82) is 0 Å². The van der Waals surface area contributed by atoms with Crippen LogP contribution >= 0.6 is 0 Å². The highest BCUT2D eigenvalue weighted by molar-refractivity contribution is 5.78. The van der Waals surface area contributed by atoms with Gasteiger partial charge in [0.1, 0.15) is 5.75 Å². The maximum absolute atomic E-state index is 12.1. The molecule has 4 nitrogen and oxygen atoms in total. The third-order valence-corrected chi connectivity index (χ3v) is 4.25. The van der Waals surface area contributed by atoms with E-state index < -0.39 is 0 Å². The quantitative estimate of drug-likeness (QED) is 0.876. The Labute approximate surface area is 126 Å². The van der Waals surface area contributed by atoms with Crippen LogP contribution in [0.25, 0.3) is 0 Å². The normalized spacial score (nSPS) is 21.8. The minimum absolute atomic E-state index is 0.160. The van der Waals surface area contributed by atoms with E-state index in [4.69, 9.17) is 9.47 Å². The molecule has 1 fully saturated rings. The fraction of sp³-hybridized carbons (Fsp3) is 0.588. The standard InChI is InChI=1S/C17H25NO3/c1-20-15-7-3-13(4-8-15)11-12-18-17(19)14-5-9-16(21-2)10-6-14/h3-4,7-8,14,16H,5-6,9-12H2,1-2H3,(H,18,19). The van der Waals surface area contributed by atoms with Crippen molar-refractivity contribution in [2.75, 3.05) is 20.8 Å². The van der Waals surface area contributed by atoms with Crippen LogP contribution in [-0.2, 0) is 16.0 Å². The fourth-order valence-electron chi connectivity index (χ4n) is 2.83. The second-order valence-electron chi connectivity index (χ2n) is 5.60. The Morgan fingerprint density at radius 2 is 1.81 bits per heavy atom. The summed E-state index contributed by atoms with van der Waals surface area (Å²) in [6, 6.07) is 7.97.